The third kappa shape index (κ3) is 3.03. The lowest BCUT2D eigenvalue weighted by Gasteiger charge is -2.13. The second kappa shape index (κ2) is 5.12. The van der Waals surface area contributed by atoms with Crippen LogP contribution in [0.5, 0.6) is 0 Å². The highest BCUT2D eigenvalue weighted by atomic mass is 35.5. The molecule has 0 unspecified atom stereocenters. The maximum Gasteiger partial charge on any atom is 0.286 e. The zero-order valence-corrected chi connectivity index (χ0v) is 10.8. The van der Waals surface area contributed by atoms with Crippen LogP contribution in [0.25, 0.3) is 6.08 Å². The largest absolute Gasteiger partial charge is 0.286 e. The third-order valence-corrected chi connectivity index (χ3v) is 3.54. The van der Waals surface area contributed by atoms with Gasteiger partial charge in [0.2, 0.25) is 0 Å². The molecule has 0 spiro atoms. The van der Waals surface area contributed by atoms with E-state index in [1.54, 1.807) is 24.3 Å². The summed E-state index contributed by atoms with van der Waals surface area (Å²) < 4.78 is 0. The summed E-state index contributed by atoms with van der Waals surface area (Å²) >= 11 is 12.8. The van der Waals surface area contributed by atoms with Gasteiger partial charge in [0.15, 0.2) is 0 Å². The summed E-state index contributed by atoms with van der Waals surface area (Å²) in [4.78, 5) is 22.4. The Hall–Kier alpha value is -0.970. The van der Waals surface area contributed by atoms with Crippen molar-refractivity contribution in [2.24, 2.45) is 0 Å². The van der Waals surface area contributed by atoms with Crippen LogP contribution in [0.4, 0.5) is 4.79 Å². The van der Waals surface area contributed by atoms with Crippen LogP contribution in [0.1, 0.15) is 5.56 Å². The van der Waals surface area contributed by atoms with Gasteiger partial charge in [0.1, 0.15) is 0 Å². The smallest absolute Gasteiger partial charge is 0.283 e. The van der Waals surface area contributed by atoms with Gasteiger partial charge in [-0.1, -0.05) is 41.0 Å². The predicted molar refractivity (Wildman–Crippen MR) is 70.4 cm³/mol. The van der Waals surface area contributed by atoms with E-state index in [1.165, 1.54) is 0 Å². The molecule has 1 aliphatic rings. The highest BCUT2D eigenvalue weighted by Crippen LogP contribution is 2.25. The first-order chi connectivity index (χ1) is 8.06. The fourth-order valence-corrected chi connectivity index (χ4v) is 2.46. The van der Waals surface area contributed by atoms with E-state index in [2.05, 4.69) is 5.32 Å². The summed E-state index contributed by atoms with van der Waals surface area (Å²) in [6.45, 7) is 0. The van der Waals surface area contributed by atoms with Crippen LogP contribution in [0, 0.1) is 0 Å². The van der Waals surface area contributed by atoms with Crippen LogP contribution in [0.15, 0.2) is 23.8 Å². The van der Waals surface area contributed by atoms with Crippen LogP contribution in [0.2, 0.25) is 10.0 Å². The number of carbonyl (C=O) groups is 2. The van der Waals surface area contributed by atoms with Crippen molar-refractivity contribution in [3.63, 3.8) is 0 Å². The fourth-order valence-electron chi connectivity index (χ4n) is 1.33. The number of thioether (sulfide) groups is 1. The van der Waals surface area contributed by atoms with E-state index in [0.29, 0.717) is 26.9 Å². The standard InChI is InChI=1S/C11H7Cl2NO2S/c12-8-2-1-6(9(13)4-8)3-7-5-17-11(16)14-10(7)15/h1-4H,5H2,(H,14,15,16)/b7-3+. The molecule has 0 atom stereocenters. The molecule has 2 amide bonds. The Morgan fingerprint density at radius 1 is 1.29 bits per heavy atom. The molecule has 6 heteroatoms. The third-order valence-electron chi connectivity index (χ3n) is 2.16. The average molecular weight is 288 g/mol. The molecule has 1 aromatic rings. The maximum atomic E-state index is 11.5. The lowest BCUT2D eigenvalue weighted by atomic mass is 10.1. The highest BCUT2D eigenvalue weighted by molar-refractivity contribution is 8.13. The van der Waals surface area contributed by atoms with Crippen molar-refractivity contribution in [3.05, 3.63) is 39.4 Å². The zero-order valence-electron chi connectivity index (χ0n) is 8.50. The Labute approximate surface area is 112 Å². The second-order valence-electron chi connectivity index (χ2n) is 3.37. The summed E-state index contributed by atoms with van der Waals surface area (Å²) in [7, 11) is 0. The average Bonchev–Trinajstić information content (AvgIpc) is 2.25. The van der Waals surface area contributed by atoms with Crippen LogP contribution < -0.4 is 5.32 Å². The predicted octanol–water partition coefficient (Wildman–Crippen LogP) is 3.36. The number of hydrogen-bond donors (Lipinski definition) is 1. The summed E-state index contributed by atoms with van der Waals surface area (Å²) in [5.74, 6) is -0.0244. The molecule has 0 bridgehead atoms. The minimum absolute atomic E-state index is 0.325. The van der Waals surface area contributed by atoms with Gasteiger partial charge in [-0.15, -0.1) is 0 Å². The van der Waals surface area contributed by atoms with Gasteiger partial charge in [0.05, 0.1) is 0 Å². The molecule has 1 heterocycles. The summed E-state index contributed by atoms with van der Waals surface area (Å²) in [5, 5.41) is 2.91. The number of halogens is 2. The maximum absolute atomic E-state index is 11.5. The molecular weight excluding hydrogens is 281 g/mol. The van der Waals surface area contributed by atoms with Gasteiger partial charge in [0, 0.05) is 21.4 Å². The number of imide groups is 1. The van der Waals surface area contributed by atoms with Crippen molar-refractivity contribution in [2.75, 3.05) is 5.75 Å². The first-order valence-corrected chi connectivity index (χ1v) is 6.44. The van der Waals surface area contributed by atoms with E-state index < -0.39 is 0 Å². The van der Waals surface area contributed by atoms with Crippen molar-refractivity contribution < 1.29 is 9.59 Å². The fraction of sp³-hybridized carbons (Fsp3) is 0.0909. The topological polar surface area (TPSA) is 46.2 Å². The van der Waals surface area contributed by atoms with Crippen LogP contribution in [-0.4, -0.2) is 16.9 Å². The van der Waals surface area contributed by atoms with E-state index in [1.807, 2.05) is 0 Å². The van der Waals surface area contributed by atoms with Crippen molar-refractivity contribution in [2.45, 2.75) is 0 Å². The molecule has 88 valence electrons. The summed E-state index contributed by atoms with van der Waals surface area (Å²) in [5.41, 5.74) is 1.22. The van der Waals surface area contributed by atoms with Crippen LogP contribution >= 0.6 is 35.0 Å². The Morgan fingerprint density at radius 2 is 2.06 bits per heavy atom. The molecule has 1 saturated heterocycles. The van der Waals surface area contributed by atoms with Gasteiger partial charge in [0.25, 0.3) is 11.1 Å². The van der Waals surface area contributed by atoms with Crippen LogP contribution in [0.3, 0.4) is 0 Å². The van der Waals surface area contributed by atoms with Gasteiger partial charge in [-0.3, -0.25) is 14.9 Å². The first-order valence-electron chi connectivity index (χ1n) is 4.70. The number of benzene rings is 1. The van der Waals surface area contributed by atoms with Gasteiger partial charge in [-0.05, 0) is 23.8 Å². The lowest BCUT2D eigenvalue weighted by Crippen LogP contribution is -2.33. The molecule has 0 saturated carbocycles. The molecule has 1 aromatic carbocycles. The van der Waals surface area contributed by atoms with E-state index >= 15 is 0 Å². The number of rotatable bonds is 1. The van der Waals surface area contributed by atoms with E-state index in [9.17, 15) is 9.59 Å². The van der Waals surface area contributed by atoms with Gasteiger partial charge >= 0.3 is 0 Å². The Balaban J connectivity index is 2.30. The minimum Gasteiger partial charge on any atom is -0.283 e. The summed E-state index contributed by atoms with van der Waals surface area (Å²) in [6, 6.07) is 5.03. The molecule has 0 aromatic heterocycles. The number of hydrogen-bond acceptors (Lipinski definition) is 3. The lowest BCUT2D eigenvalue weighted by molar-refractivity contribution is -0.116. The Kier molecular flexibility index (Phi) is 3.76. The number of amides is 2. The Morgan fingerprint density at radius 3 is 2.71 bits per heavy atom. The monoisotopic (exact) mass is 287 g/mol. The van der Waals surface area contributed by atoms with E-state index in [-0.39, 0.29) is 11.1 Å². The minimum atomic E-state index is -0.375. The van der Waals surface area contributed by atoms with Gasteiger partial charge in [-0.25, -0.2) is 0 Å². The van der Waals surface area contributed by atoms with Crippen molar-refractivity contribution in [1.82, 2.24) is 5.32 Å². The van der Waals surface area contributed by atoms with Crippen molar-refractivity contribution in [1.29, 1.82) is 0 Å². The van der Waals surface area contributed by atoms with Gasteiger partial charge in [-0.2, -0.15) is 0 Å². The molecule has 0 radical (unpaired) electrons. The summed E-state index contributed by atoms with van der Waals surface area (Å²) in [6.07, 6.45) is 1.66. The zero-order chi connectivity index (χ0) is 12.4. The normalized spacial score (nSPS) is 18.4. The molecule has 3 nitrogen and oxygen atoms in total. The van der Waals surface area contributed by atoms with Crippen LogP contribution in [-0.2, 0) is 4.79 Å². The second-order valence-corrected chi connectivity index (χ2v) is 5.16. The van der Waals surface area contributed by atoms with E-state index in [4.69, 9.17) is 23.2 Å². The van der Waals surface area contributed by atoms with Crippen molar-refractivity contribution >= 4 is 52.2 Å². The highest BCUT2D eigenvalue weighted by Gasteiger charge is 2.20. The molecular formula is C11H7Cl2NO2S. The quantitative estimate of drug-likeness (QED) is 0.806. The number of nitrogens with one attached hydrogen (secondary N) is 1. The number of carbonyl (C=O) groups excluding carboxylic acids is 2. The Bertz CT molecular complexity index is 528. The molecule has 0 aliphatic carbocycles. The molecule has 17 heavy (non-hydrogen) atoms. The molecule has 1 fully saturated rings. The first kappa shape index (κ1) is 12.5. The van der Waals surface area contributed by atoms with E-state index in [0.717, 1.165) is 11.8 Å². The van der Waals surface area contributed by atoms with Crippen molar-refractivity contribution in [3.8, 4) is 0 Å². The molecule has 1 aliphatic heterocycles. The van der Waals surface area contributed by atoms with Gasteiger partial charge < -0.3 is 0 Å². The SMILES string of the molecule is O=C1NC(=O)/C(=C/c2ccc(Cl)cc2Cl)CS1. The molecule has 2 rings (SSSR count). The molecule has 1 N–H and O–H groups in total.